The minimum absolute atomic E-state index is 0.177. The van der Waals surface area contributed by atoms with Gasteiger partial charge in [-0.3, -0.25) is 0 Å². The molecule has 0 unspecified atom stereocenters. The fourth-order valence-corrected chi connectivity index (χ4v) is 4.95. The summed E-state index contributed by atoms with van der Waals surface area (Å²) in [5, 5.41) is 10.8. The van der Waals surface area contributed by atoms with Gasteiger partial charge in [-0.25, -0.2) is 0 Å². The van der Waals surface area contributed by atoms with Crippen LogP contribution in [0.3, 0.4) is 0 Å². The molecule has 0 heterocycles. The molecule has 0 spiro atoms. The van der Waals surface area contributed by atoms with E-state index < -0.39 is 11.7 Å². The zero-order valence-corrected chi connectivity index (χ0v) is 22.7. The molecule has 200 valence electrons. The molecule has 3 rings (SSSR count). The average molecular weight is 503 g/mol. The molecule has 0 fully saturated rings. The van der Waals surface area contributed by atoms with E-state index in [2.05, 4.69) is 43.3 Å². The van der Waals surface area contributed by atoms with Crippen LogP contribution in [0.15, 0.2) is 91.0 Å². The lowest BCUT2D eigenvalue weighted by Gasteiger charge is -2.36. The third kappa shape index (κ3) is 9.41. The van der Waals surface area contributed by atoms with Gasteiger partial charge in [0.2, 0.25) is 0 Å². The van der Waals surface area contributed by atoms with Crippen LogP contribution in [-0.4, -0.2) is 31.0 Å². The summed E-state index contributed by atoms with van der Waals surface area (Å²) < 4.78 is 12.5. The maximum atomic E-state index is 10.8. The second-order valence-electron chi connectivity index (χ2n) is 10.0. The van der Waals surface area contributed by atoms with Gasteiger partial charge in [-0.05, 0) is 23.1 Å². The van der Waals surface area contributed by atoms with Crippen molar-refractivity contribution in [3.8, 4) is 0 Å². The van der Waals surface area contributed by atoms with E-state index in [0.29, 0.717) is 6.61 Å². The number of unbranched alkanes of at least 4 members (excludes halogenated alkanes) is 9. The first kappa shape index (κ1) is 29.1. The second-order valence-corrected chi connectivity index (χ2v) is 10.0. The topological polar surface area (TPSA) is 38.7 Å². The zero-order chi connectivity index (χ0) is 26.0. The fraction of sp³-hybridized carbons (Fsp3) is 0.471. The van der Waals surface area contributed by atoms with Gasteiger partial charge in [0.05, 0.1) is 13.2 Å². The van der Waals surface area contributed by atoms with Crippen molar-refractivity contribution in [2.75, 3.05) is 19.8 Å². The predicted octanol–water partition coefficient (Wildman–Crippen LogP) is 8.29. The molecule has 1 atom stereocenters. The third-order valence-corrected chi connectivity index (χ3v) is 6.99. The Labute approximate surface area is 224 Å². The number of aliphatic hydroxyl groups is 1. The Bertz CT molecular complexity index is 846. The monoisotopic (exact) mass is 502 g/mol. The highest BCUT2D eigenvalue weighted by molar-refractivity contribution is 5.47. The first-order valence-electron chi connectivity index (χ1n) is 14.3. The number of rotatable bonds is 19. The summed E-state index contributed by atoms with van der Waals surface area (Å²) in [7, 11) is 0. The van der Waals surface area contributed by atoms with Gasteiger partial charge in [-0.15, -0.1) is 0 Å². The van der Waals surface area contributed by atoms with Crippen LogP contribution < -0.4 is 0 Å². The van der Waals surface area contributed by atoms with Crippen LogP contribution in [0.5, 0.6) is 0 Å². The summed E-state index contributed by atoms with van der Waals surface area (Å²) in [6, 6.07) is 30.8. The molecule has 3 nitrogen and oxygen atoms in total. The first-order valence-corrected chi connectivity index (χ1v) is 14.3. The molecule has 0 aliphatic rings. The SMILES string of the molecule is CCCCCCCCCCCCOC[C@@H](O)COC(c1ccccc1)(c1ccccc1)c1ccccc1. The summed E-state index contributed by atoms with van der Waals surface area (Å²) in [6.07, 6.45) is 12.3. The lowest BCUT2D eigenvalue weighted by Crippen LogP contribution is -2.36. The van der Waals surface area contributed by atoms with Gasteiger partial charge in [-0.2, -0.15) is 0 Å². The normalized spacial score (nSPS) is 12.5. The maximum absolute atomic E-state index is 10.8. The van der Waals surface area contributed by atoms with E-state index in [1.165, 1.54) is 57.8 Å². The van der Waals surface area contributed by atoms with E-state index in [1.807, 2.05) is 54.6 Å². The lowest BCUT2D eigenvalue weighted by atomic mass is 9.80. The quantitative estimate of drug-likeness (QED) is 0.132. The van der Waals surface area contributed by atoms with Gasteiger partial charge in [-0.1, -0.05) is 156 Å². The van der Waals surface area contributed by atoms with Crippen molar-refractivity contribution < 1.29 is 14.6 Å². The van der Waals surface area contributed by atoms with Crippen LogP contribution in [0.1, 0.15) is 87.8 Å². The second kappa shape index (κ2) is 17.1. The van der Waals surface area contributed by atoms with Crippen molar-refractivity contribution in [1.82, 2.24) is 0 Å². The standard InChI is InChI=1S/C34H46O3/c1-2-3-4-5-6-7-8-9-10-20-27-36-28-33(35)29-37-34(30-21-14-11-15-22-30,31-23-16-12-17-24-31)32-25-18-13-19-26-32/h11-19,21-26,33,35H,2-10,20,27-29H2,1H3/t33-/m1/s1. The molecule has 3 heteroatoms. The van der Waals surface area contributed by atoms with Crippen molar-refractivity contribution in [3.63, 3.8) is 0 Å². The summed E-state index contributed by atoms with van der Waals surface area (Å²) >= 11 is 0. The highest BCUT2D eigenvalue weighted by atomic mass is 16.5. The molecule has 1 N–H and O–H groups in total. The van der Waals surface area contributed by atoms with Crippen molar-refractivity contribution in [2.45, 2.75) is 82.8 Å². The van der Waals surface area contributed by atoms with E-state index in [0.717, 1.165) is 23.1 Å². The average Bonchev–Trinajstić information content (AvgIpc) is 2.96. The Balaban J connectivity index is 1.50. The number of aliphatic hydroxyl groups excluding tert-OH is 1. The molecule has 3 aromatic rings. The Morgan fingerprint density at radius 3 is 1.41 bits per heavy atom. The highest BCUT2D eigenvalue weighted by Crippen LogP contribution is 2.40. The molecule has 37 heavy (non-hydrogen) atoms. The lowest BCUT2D eigenvalue weighted by molar-refractivity contribution is -0.0641. The summed E-state index contributed by atoms with van der Waals surface area (Å²) in [5.74, 6) is 0. The van der Waals surface area contributed by atoms with Gasteiger partial charge in [0.25, 0.3) is 0 Å². The fourth-order valence-electron chi connectivity index (χ4n) is 4.95. The van der Waals surface area contributed by atoms with Crippen LogP contribution in [0.2, 0.25) is 0 Å². The number of hydrogen-bond donors (Lipinski definition) is 1. The van der Waals surface area contributed by atoms with Gasteiger partial charge in [0.15, 0.2) is 0 Å². The minimum atomic E-state index is -0.818. The Hall–Kier alpha value is -2.46. The van der Waals surface area contributed by atoms with E-state index >= 15 is 0 Å². The molecule has 0 radical (unpaired) electrons. The molecular formula is C34H46O3. The van der Waals surface area contributed by atoms with Crippen molar-refractivity contribution >= 4 is 0 Å². The summed E-state index contributed by atoms with van der Waals surface area (Å²) in [6.45, 7) is 3.42. The first-order chi connectivity index (χ1) is 18.3. The molecule has 0 aliphatic heterocycles. The van der Waals surface area contributed by atoms with E-state index in [-0.39, 0.29) is 13.2 Å². The summed E-state index contributed by atoms with van der Waals surface area (Å²) in [4.78, 5) is 0. The maximum Gasteiger partial charge on any atom is 0.143 e. The van der Waals surface area contributed by atoms with Crippen LogP contribution in [0.4, 0.5) is 0 Å². The molecule has 3 aromatic carbocycles. The minimum Gasteiger partial charge on any atom is -0.388 e. The van der Waals surface area contributed by atoms with E-state index in [9.17, 15) is 5.11 Å². The van der Waals surface area contributed by atoms with Gasteiger partial charge in [0, 0.05) is 6.61 Å². The van der Waals surface area contributed by atoms with E-state index in [4.69, 9.17) is 9.47 Å². The van der Waals surface area contributed by atoms with Crippen molar-refractivity contribution in [3.05, 3.63) is 108 Å². The van der Waals surface area contributed by atoms with E-state index in [1.54, 1.807) is 0 Å². The largest absolute Gasteiger partial charge is 0.388 e. The Morgan fingerprint density at radius 2 is 0.973 bits per heavy atom. The van der Waals surface area contributed by atoms with Gasteiger partial charge >= 0.3 is 0 Å². The summed E-state index contributed by atoms with van der Waals surface area (Å²) in [5.41, 5.74) is 2.28. The van der Waals surface area contributed by atoms with Gasteiger partial charge < -0.3 is 14.6 Å². The molecule has 0 aromatic heterocycles. The Morgan fingerprint density at radius 1 is 0.568 bits per heavy atom. The van der Waals surface area contributed by atoms with Crippen LogP contribution >= 0.6 is 0 Å². The number of benzene rings is 3. The highest BCUT2D eigenvalue weighted by Gasteiger charge is 2.38. The molecule has 0 saturated carbocycles. The third-order valence-electron chi connectivity index (χ3n) is 6.99. The predicted molar refractivity (Wildman–Crippen MR) is 154 cm³/mol. The Kier molecular flexibility index (Phi) is 13.5. The zero-order valence-electron chi connectivity index (χ0n) is 22.7. The molecule has 0 saturated heterocycles. The van der Waals surface area contributed by atoms with Crippen molar-refractivity contribution in [1.29, 1.82) is 0 Å². The van der Waals surface area contributed by atoms with Gasteiger partial charge in [0.1, 0.15) is 11.7 Å². The molecule has 0 bridgehead atoms. The molecular weight excluding hydrogens is 456 g/mol. The van der Waals surface area contributed by atoms with Crippen LogP contribution in [0, 0.1) is 0 Å². The van der Waals surface area contributed by atoms with Crippen LogP contribution in [-0.2, 0) is 15.1 Å². The number of ether oxygens (including phenoxy) is 2. The van der Waals surface area contributed by atoms with Crippen LogP contribution in [0.25, 0.3) is 0 Å². The number of hydrogen-bond acceptors (Lipinski definition) is 3. The smallest absolute Gasteiger partial charge is 0.143 e. The molecule has 0 amide bonds. The van der Waals surface area contributed by atoms with Crippen molar-refractivity contribution in [2.24, 2.45) is 0 Å². The molecule has 0 aliphatic carbocycles.